The van der Waals surface area contributed by atoms with Gasteiger partial charge in [0.25, 0.3) is 5.91 Å². The van der Waals surface area contributed by atoms with Gasteiger partial charge in [0, 0.05) is 19.0 Å². The molecular formula is C22H25F3N2O2. The molecule has 2 amide bonds. The molecule has 0 bridgehead atoms. The first-order valence-corrected chi connectivity index (χ1v) is 9.33. The fourth-order valence-corrected chi connectivity index (χ4v) is 2.88. The first kappa shape index (κ1) is 22.5. The highest BCUT2D eigenvalue weighted by Crippen LogP contribution is 2.29. The normalized spacial score (nSPS) is 12.3. The Morgan fingerprint density at radius 3 is 2.17 bits per heavy atom. The van der Waals surface area contributed by atoms with Gasteiger partial charge in [0.1, 0.15) is 17.5 Å². The standard InChI is InChI=1S/C22H25F3N2O2/c1-22(2,3)13-19(14-4-6-15(23)7-5-14)27-20(28)10-11-26-21(29)17-9-8-16(24)12-18(17)25/h4-9,12,19H,10-11,13H2,1-3H3,(H,26,29)(H,27,28). The van der Waals surface area contributed by atoms with Gasteiger partial charge in [-0.15, -0.1) is 0 Å². The van der Waals surface area contributed by atoms with Gasteiger partial charge in [-0.05, 0) is 41.7 Å². The average Bonchev–Trinajstić information content (AvgIpc) is 2.60. The van der Waals surface area contributed by atoms with Crippen LogP contribution in [0.4, 0.5) is 13.2 Å². The Morgan fingerprint density at radius 1 is 0.966 bits per heavy atom. The summed E-state index contributed by atoms with van der Waals surface area (Å²) in [5, 5.41) is 5.35. The molecule has 0 fully saturated rings. The van der Waals surface area contributed by atoms with E-state index in [9.17, 15) is 22.8 Å². The second kappa shape index (κ2) is 9.58. The lowest BCUT2D eigenvalue weighted by atomic mass is 9.85. The van der Waals surface area contributed by atoms with Crippen LogP contribution in [0, 0.1) is 22.9 Å². The van der Waals surface area contributed by atoms with E-state index in [1.54, 1.807) is 12.1 Å². The van der Waals surface area contributed by atoms with Gasteiger partial charge in [-0.25, -0.2) is 13.2 Å². The fraction of sp³-hybridized carbons (Fsp3) is 0.364. The molecule has 2 N–H and O–H groups in total. The summed E-state index contributed by atoms with van der Waals surface area (Å²) in [6.45, 7) is 6.10. The third kappa shape index (κ3) is 7.25. The number of carbonyl (C=O) groups excluding carboxylic acids is 2. The molecule has 2 rings (SSSR count). The Labute approximate surface area is 168 Å². The molecule has 2 aromatic carbocycles. The fourth-order valence-electron chi connectivity index (χ4n) is 2.88. The summed E-state index contributed by atoms with van der Waals surface area (Å²) < 4.78 is 39.8. The van der Waals surface area contributed by atoms with Gasteiger partial charge >= 0.3 is 0 Å². The third-order valence-electron chi connectivity index (χ3n) is 4.24. The van der Waals surface area contributed by atoms with E-state index < -0.39 is 17.5 Å². The van der Waals surface area contributed by atoms with Gasteiger partial charge in [0.05, 0.1) is 11.6 Å². The molecule has 4 nitrogen and oxygen atoms in total. The molecule has 29 heavy (non-hydrogen) atoms. The highest BCUT2D eigenvalue weighted by Gasteiger charge is 2.22. The van der Waals surface area contributed by atoms with Crippen LogP contribution in [-0.4, -0.2) is 18.4 Å². The lowest BCUT2D eigenvalue weighted by Crippen LogP contribution is -2.34. The largest absolute Gasteiger partial charge is 0.351 e. The summed E-state index contributed by atoms with van der Waals surface area (Å²) in [5.74, 6) is -3.12. The van der Waals surface area contributed by atoms with Crippen LogP contribution in [0.5, 0.6) is 0 Å². The van der Waals surface area contributed by atoms with Crippen molar-refractivity contribution in [2.75, 3.05) is 6.54 Å². The van der Waals surface area contributed by atoms with Gasteiger partial charge in [0.2, 0.25) is 5.91 Å². The maximum Gasteiger partial charge on any atom is 0.254 e. The quantitative estimate of drug-likeness (QED) is 0.710. The second-order valence-corrected chi connectivity index (χ2v) is 8.07. The van der Waals surface area contributed by atoms with Crippen molar-refractivity contribution >= 4 is 11.8 Å². The SMILES string of the molecule is CC(C)(C)CC(NC(=O)CCNC(=O)c1ccc(F)cc1F)c1ccc(F)cc1. The lowest BCUT2D eigenvalue weighted by molar-refractivity contribution is -0.121. The van der Waals surface area contributed by atoms with Gasteiger partial charge in [-0.1, -0.05) is 32.9 Å². The Kier molecular flexibility index (Phi) is 7.42. The number of nitrogens with one attached hydrogen (secondary N) is 2. The van der Waals surface area contributed by atoms with Crippen LogP contribution in [0.15, 0.2) is 42.5 Å². The third-order valence-corrected chi connectivity index (χ3v) is 4.24. The lowest BCUT2D eigenvalue weighted by Gasteiger charge is -2.27. The van der Waals surface area contributed by atoms with Crippen molar-refractivity contribution in [3.8, 4) is 0 Å². The monoisotopic (exact) mass is 406 g/mol. The van der Waals surface area contributed by atoms with E-state index in [1.807, 2.05) is 20.8 Å². The zero-order valence-electron chi connectivity index (χ0n) is 16.7. The molecule has 1 atom stereocenters. The van der Waals surface area contributed by atoms with Crippen molar-refractivity contribution in [2.45, 2.75) is 39.7 Å². The molecule has 7 heteroatoms. The van der Waals surface area contributed by atoms with Crippen molar-refractivity contribution < 1.29 is 22.8 Å². The van der Waals surface area contributed by atoms with E-state index in [-0.39, 0.29) is 41.7 Å². The Hall–Kier alpha value is -2.83. The summed E-state index contributed by atoms with van der Waals surface area (Å²) in [6.07, 6.45) is 0.619. The maximum absolute atomic E-state index is 13.6. The molecule has 2 aromatic rings. The first-order valence-electron chi connectivity index (χ1n) is 9.33. The molecule has 156 valence electrons. The predicted molar refractivity (Wildman–Crippen MR) is 105 cm³/mol. The number of rotatable bonds is 7. The summed E-state index contributed by atoms with van der Waals surface area (Å²) in [7, 11) is 0. The molecular weight excluding hydrogens is 381 g/mol. The Bertz CT molecular complexity index is 861. The molecule has 0 radical (unpaired) electrons. The van der Waals surface area contributed by atoms with Crippen LogP contribution in [0.1, 0.15) is 55.6 Å². The zero-order valence-corrected chi connectivity index (χ0v) is 16.7. The van der Waals surface area contributed by atoms with Crippen LogP contribution in [0.3, 0.4) is 0 Å². The summed E-state index contributed by atoms with van der Waals surface area (Å²) in [5.41, 5.74) is 0.413. The number of amides is 2. The minimum atomic E-state index is -0.964. The number of benzene rings is 2. The molecule has 0 aliphatic rings. The van der Waals surface area contributed by atoms with Crippen LogP contribution in [-0.2, 0) is 4.79 Å². The molecule has 0 saturated heterocycles. The number of hydrogen-bond acceptors (Lipinski definition) is 2. The smallest absolute Gasteiger partial charge is 0.254 e. The van der Waals surface area contributed by atoms with Gasteiger partial charge < -0.3 is 10.6 Å². The minimum Gasteiger partial charge on any atom is -0.351 e. The van der Waals surface area contributed by atoms with Crippen LogP contribution < -0.4 is 10.6 Å². The van der Waals surface area contributed by atoms with Crippen molar-refractivity contribution in [1.29, 1.82) is 0 Å². The second-order valence-electron chi connectivity index (χ2n) is 8.07. The number of hydrogen-bond donors (Lipinski definition) is 2. The number of carbonyl (C=O) groups is 2. The Morgan fingerprint density at radius 2 is 1.59 bits per heavy atom. The van der Waals surface area contributed by atoms with Gasteiger partial charge in [-0.3, -0.25) is 9.59 Å². The van der Waals surface area contributed by atoms with E-state index in [0.29, 0.717) is 12.5 Å². The zero-order chi connectivity index (χ0) is 21.6. The summed E-state index contributed by atoms with van der Waals surface area (Å²) in [6, 6.07) is 8.30. The molecule has 1 unspecified atom stereocenters. The molecule has 0 heterocycles. The van der Waals surface area contributed by atoms with E-state index in [1.165, 1.54) is 12.1 Å². The van der Waals surface area contributed by atoms with E-state index in [2.05, 4.69) is 10.6 Å². The van der Waals surface area contributed by atoms with Crippen LogP contribution in [0.25, 0.3) is 0 Å². The van der Waals surface area contributed by atoms with Gasteiger partial charge in [0.15, 0.2) is 0 Å². The van der Waals surface area contributed by atoms with Gasteiger partial charge in [-0.2, -0.15) is 0 Å². The molecule has 0 aliphatic carbocycles. The Balaban J connectivity index is 1.93. The first-order chi connectivity index (χ1) is 13.5. The highest BCUT2D eigenvalue weighted by atomic mass is 19.1. The summed E-state index contributed by atoms with van der Waals surface area (Å²) in [4.78, 5) is 24.3. The van der Waals surface area contributed by atoms with Crippen LogP contribution in [0.2, 0.25) is 0 Å². The minimum absolute atomic E-state index is 0.00681. The highest BCUT2D eigenvalue weighted by molar-refractivity contribution is 5.94. The number of halogens is 3. The van der Waals surface area contributed by atoms with Crippen molar-refractivity contribution in [3.63, 3.8) is 0 Å². The van der Waals surface area contributed by atoms with Crippen molar-refractivity contribution in [3.05, 3.63) is 71.0 Å². The van der Waals surface area contributed by atoms with Crippen molar-refractivity contribution in [1.82, 2.24) is 10.6 Å². The van der Waals surface area contributed by atoms with Crippen molar-refractivity contribution in [2.24, 2.45) is 5.41 Å². The topological polar surface area (TPSA) is 58.2 Å². The van der Waals surface area contributed by atoms with E-state index in [0.717, 1.165) is 17.7 Å². The predicted octanol–water partition coefficient (Wildman–Crippen LogP) is 4.52. The average molecular weight is 406 g/mol. The summed E-state index contributed by atoms with van der Waals surface area (Å²) >= 11 is 0. The molecule has 0 aliphatic heterocycles. The maximum atomic E-state index is 13.6. The van der Waals surface area contributed by atoms with E-state index in [4.69, 9.17) is 0 Å². The van der Waals surface area contributed by atoms with E-state index >= 15 is 0 Å². The molecule has 0 spiro atoms. The van der Waals surface area contributed by atoms with Crippen LogP contribution >= 0.6 is 0 Å². The molecule has 0 aromatic heterocycles. The molecule has 0 saturated carbocycles.